The number of alkyl halides is 1. The van der Waals surface area contributed by atoms with Crippen molar-refractivity contribution in [2.45, 2.75) is 11.8 Å². The molecule has 2 rings (SSSR count). The van der Waals surface area contributed by atoms with Crippen molar-refractivity contribution in [2.24, 2.45) is 0 Å². The normalized spacial score (nSPS) is 20.2. The summed E-state index contributed by atoms with van der Waals surface area (Å²) in [6.45, 7) is 1.18. The van der Waals surface area contributed by atoms with E-state index in [9.17, 15) is 9.18 Å². The molecule has 1 amide bonds. The molecule has 16 heavy (non-hydrogen) atoms. The summed E-state index contributed by atoms with van der Waals surface area (Å²) in [4.78, 5) is 13.6. The molecular weight excluding hydrogens is 252 g/mol. The number of hydrogen-bond donors (Lipinski definition) is 0. The van der Waals surface area contributed by atoms with Gasteiger partial charge in [0.15, 0.2) is 0 Å². The van der Waals surface area contributed by atoms with E-state index in [1.807, 2.05) is 0 Å². The monoisotopic (exact) mass is 261 g/mol. The SMILES string of the molecule is O=C(c1ccc(F)c(Cl)c1)N1CCC(Cl)C1. The van der Waals surface area contributed by atoms with E-state index in [-0.39, 0.29) is 16.3 Å². The quantitative estimate of drug-likeness (QED) is 0.712. The highest BCUT2D eigenvalue weighted by atomic mass is 35.5. The van der Waals surface area contributed by atoms with Gasteiger partial charge in [0.25, 0.3) is 5.91 Å². The Morgan fingerprint density at radius 1 is 1.50 bits per heavy atom. The van der Waals surface area contributed by atoms with E-state index in [0.717, 1.165) is 6.42 Å². The molecule has 0 aromatic heterocycles. The predicted octanol–water partition coefficient (Wildman–Crippen LogP) is 2.93. The zero-order chi connectivity index (χ0) is 11.7. The number of carbonyl (C=O) groups excluding carboxylic acids is 1. The van der Waals surface area contributed by atoms with Gasteiger partial charge in [0.05, 0.1) is 10.4 Å². The molecule has 1 saturated heterocycles. The predicted molar refractivity (Wildman–Crippen MR) is 61.6 cm³/mol. The van der Waals surface area contributed by atoms with Crippen LogP contribution in [0.25, 0.3) is 0 Å². The second-order valence-corrected chi connectivity index (χ2v) is 4.79. The van der Waals surface area contributed by atoms with E-state index in [0.29, 0.717) is 18.7 Å². The fourth-order valence-electron chi connectivity index (χ4n) is 1.71. The molecule has 1 aliphatic heterocycles. The smallest absolute Gasteiger partial charge is 0.253 e. The van der Waals surface area contributed by atoms with Crippen LogP contribution in [0.1, 0.15) is 16.8 Å². The summed E-state index contributed by atoms with van der Waals surface area (Å²) in [5, 5.41) is -0.0210. The summed E-state index contributed by atoms with van der Waals surface area (Å²) in [5.41, 5.74) is 0.400. The zero-order valence-corrected chi connectivity index (χ0v) is 9.93. The van der Waals surface area contributed by atoms with E-state index < -0.39 is 5.82 Å². The van der Waals surface area contributed by atoms with Gasteiger partial charge in [-0.3, -0.25) is 4.79 Å². The minimum Gasteiger partial charge on any atom is -0.337 e. The van der Waals surface area contributed by atoms with Crippen molar-refractivity contribution in [1.29, 1.82) is 0 Å². The number of rotatable bonds is 1. The molecule has 1 aromatic rings. The molecule has 1 aromatic carbocycles. The number of hydrogen-bond acceptors (Lipinski definition) is 1. The van der Waals surface area contributed by atoms with Crippen LogP contribution in [0.5, 0.6) is 0 Å². The highest BCUT2D eigenvalue weighted by Crippen LogP contribution is 2.20. The minimum absolute atomic E-state index is 0.0138. The molecule has 86 valence electrons. The molecule has 1 atom stereocenters. The lowest BCUT2D eigenvalue weighted by Gasteiger charge is -2.15. The molecule has 0 radical (unpaired) electrons. The number of halogens is 3. The number of nitrogens with zero attached hydrogens (tertiary/aromatic N) is 1. The van der Waals surface area contributed by atoms with Crippen molar-refractivity contribution in [3.8, 4) is 0 Å². The van der Waals surface area contributed by atoms with Gasteiger partial charge in [-0.15, -0.1) is 11.6 Å². The first-order valence-corrected chi connectivity index (χ1v) is 5.78. The zero-order valence-electron chi connectivity index (χ0n) is 8.42. The van der Waals surface area contributed by atoms with Gasteiger partial charge in [-0.2, -0.15) is 0 Å². The van der Waals surface area contributed by atoms with Gasteiger partial charge in [0.1, 0.15) is 5.82 Å². The first-order chi connectivity index (χ1) is 7.58. The van der Waals surface area contributed by atoms with Crippen LogP contribution in [0.15, 0.2) is 18.2 Å². The Morgan fingerprint density at radius 3 is 2.81 bits per heavy atom. The molecule has 5 heteroatoms. The molecule has 1 unspecified atom stereocenters. The largest absolute Gasteiger partial charge is 0.337 e. The van der Waals surface area contributed by atoms with Crippen molar-refractivity contribution in [3.05, 3.63) is 34.6 Å². The van der Waals surface area contributed by atoms with Crippen LogP contribution < -0.4 is 0 Å². The second-order valence-electron chi connectivity index (χ2n) is 3.77. The van der Waals surface area contributed by atoms with Crippen molar-refractivity contribution in [3.63, 3.8) is 0 Å². The van der Waals surface area contributed by atoms with Crippen LogP contribution >= 0.6 is 23.2 Å². The van der Waals surface area contributed by atoms with Gasteiger partial charge < -0.3 is 4.90 Å². The Morgan fingerprint density at radius 2 is 2.25 bits per heavy atom. The van der Waals surface area contributed by atoms with Gasteiger partial charge >= 0.3 is 0 Å². The summed E-state index contributed by atoms with van der Waals surface area (Å²) < 4.78 is 12.9. The van der Waals surface area contributed by atoms with Crippen molar-refractivity contribution < 1.29 is 9.18 Å². The molecule has 0 bridgehead atoms. The number of amides is 1. The van der Waals surface area contributed by atoms with E-state index in [4.69, 9.17) is 23.2 Å². The highest BCUT2D eigenvalue weighted by Gasteiger charge is 2.25. The van der Waals surface area contributed by atoms with Gasteiger partial charge in [0.2, 0.25) is 0 Å². The van der Waals surface area contributed by atoms with Gasteiger partial charge in [-0.05, 0) is 24.6 Å². The lowest BCUT2D eigenvalue weighted by molar-refractivity contribution is 0.0793. The van der Waals surface area contributed by atoms with Gasteiger partial charge in [0, 0.05) is 18.7 Å². The fourth-order valence-corrected chi connectivity index (χ4v) is 2.16. The third kappa shape index (κ3) is 2.30. The number of benzene rings is 1. The maximum absolute atomic E-state index is 12.9. The van der Waals surface area contributed by atoms with E-state index in [1.54, 1.807) is 4.90 Å². The third-order valence-corrected chi connectivity index (χ3v) is 3.23. The van der Waals surface area contributed by atoms with Gasteiger partial charge in [-0.1, -0.05) is 11.6 Å². The van der Waals surface area contributed by atoms with Crippen molar-refractivity contribution in [1.82, 2.24) is 4.90 Å². The fraction of sp³-hybridized carbons (Fsp3) is 0.364. The van der Waals surface area contributed by atoms with Crippen LogP contribution in [0.3, 0.4) is 0 Å². The second kappa shape index (κ2) is 4.60. The van der Waals surface area contributed by atoms with E-state index in [2.05, 4.69) is 0 Å². The number of likely N-dealkylation sites (tertiary alicyclic amines) is 1. The summed E-state index contributed by atoms with van der Waals surface area (Å²) in [7, 11) is 0. The average molecular weight is 262 g/mol. The van der Waals surface area contributed by atoms with Gasteiger partial charge in [-0.25, -0.2) is 4.39 Å². The molecule has 0 saturated carbocycles. The maximum Gasteiger partial charge on any atom is 0.253 e. The van der Waals surface area contributed by atoms with Crippen LogP contribution in [0.2, 0.25) is 5.02 Å². The van der Waals surface area contributed by atoms with Crippen LogP contribution in [-0.2, 0) is 0 Å². The molecule has 2 nitrogen and oxygen atoms in total. The lowest BCUT2D eigenvalue weighted by atomic mass is 10.2. The molecule has 0 spiro atoms. The average Bonchev–Trinajstić information content (AvgIpc) is 2.68. The summed E-state index contributed by atoms with van der Waals surface area (Å²) in [6.07, 6.45) is 0.794. The molecule has 0 N–H and O–H groups in total. The van der Waals surface area contributed by atoms with Crippen molar-refractivity contribution >= 4 is 29.1 Å². The summed E-state index contributed by atoms with van der Waals surface area (Å²) >= 11 is 11.5. The lowest BCUT2D eigenvalue weighted by Crippen LogP contribution is -2.28. The Labute approximate surface area is 103 Å². The topological polar surface area (TPSA) is 20.3 Å². The third-order valence-electron chi connectivity index (χ3n) is 2.58. The Hall–Kier alpha value is -0.800. The summed E-state index contributed by atoms with van der Waals surface area (Å²) in [5.74, 6) is -0.667. The van der Waals surface area contributed by atoms with Crippen LogP contribution in [0.4, 0.5) is 4.39 Å². The van der Waals surface area contributed by atoms with E-state index >= 15 is 0 Å². The Balaban J connectivity index is 2.18. The highest BCUT2D eigenvalue weighted by molar-refractivity contribution is 6.31. The standard InChI is InChI=1S/C11H10Cl2FNO/c12-8-3-4-15(6-8)11(16)7-1-2-10(14)9(13)5-7/h1-2,5,8H,3-4,6H2. The van der Waals surface area contributed by atoms with Crippen molar-refractivity contribution in [2.75, 3.05) is 13.1 Å². The first kappa shape index (κ1) is 11.7. The first-order valence-electron chi connectivity index (χ1n) is 4.96. The number of carbonyl (C=O) groups is 1. The molecule has 1 heterocycles. The molecule has 1 aliphatic rings. The van der Waals surface area contributed by atoms with Crippen LogP contribution in [0, 0.1) is 5.82 Å². The minimum atomic E-state index is -0.519. The Bertz CT molecular complexity index is 424. The summed E-state index contributed by atoms with van der Waals surface area (Å²) in [6, 6.07) is 3.98. The molecule has 0 aliphatic carbocycles. The van der Waals surface area contributed by atoms with Crippen LogP contribution in [-0.4, -0.2) is 29.3 Å². The van der Waals surface area contributed by atoms with E-state index in [1.165, 1.54) is 18.2 Å². The Kier molecular flexibility index (Phi) is 3.36. The molecular formula is C11H10Cl2FNO. The maximum atomic E-state index is 12.9. The molecule has 1 fully saturated rings.